The van der Waals surface area contributed by atoms with Gasteiger partial charge in [0.25, 0.3) is 0 Å². The van der Waals surface area contributed by atoms with Crippen LogP contribution in [0.5, 0.6) is 0 Å². The van der Waals surface area contributed by atoms with Gasteiger partial charge in [-0.25, -0.2) is 5.11 Å². The van der Waals surface area contributed by atoms with Gasteiger partial charge in [-0.15, -0.1) is 0 Å². The van der Waals surface area contributed by atoms with Gasteiger partial charge in [0, 0.05) is 7.11 Å². The molecule has 1 radical (unpaired) electrons. The first kappa shape index (κ1) is 13.8. The summed E-state index contributed by atoms with van der Waals surface area (Å²) in [6, 6.07) is 0. The summed E-state index contributed by atoms with van der Waals surface area (Å²) in [5.41, 5.74) is 0. The van der Waals surface area contributed by atoms with E-state index < -0.39 is 6.10 Å². The summed E-state index contributed by atoms with van der Waals surface area (Å²) in [5.74, 6) is 0. The molecule has 0 aliphatic carbocycles. The predicted octanol–water partition coefficient (Wildman–Crippen LogP) is 1.26. The molecule has 0 aromatic carbocycles. The average Bonchev–Trinajstić information content (AvgIpc) is 2.12. The molecule has 0 amide bonds. The van der Waals surface area contributed by atoms with Gasteiger partial charge in [0.05, 0.1) is 32.0 Å². The van der Waals surface area contributed by atoms with Crippen LogP contribution in [-0.2, 0) is 19.3 Å². The van der Waals surface area contributed by atoms with Gasteiger partial charge < -0.3 is 14.2 Å². The lowest BCUT2D eigenvalue weighted by molar-refractivity contribution is -0.0745. The molecule has 3 atom stereocenters. The highest BCUT2D eigenvalue weighted by molar-refractivity contribution is 4.53. The van der Waals surface area contributed by atoms with Crippen LogP contribution in [0.4, 0.5) is 0 Å². The first-order chi connectivity index (χ1) is 6.56. The number of hydrogen-bond donors (Lipinski definition) is 0. The van der Waals surface area contributed by atoms with Crippen LogP contribution in [0, 0.1) is 0 Å². The zero-order chi connectivity index (χ0) is 11.0. The Hall–Kier alpha value is -0.160. The molecule has 0 fully saturated rings. The van der Waals surface area contributed by atoms with E-state index in [9.17, 15) is 5.11 Å². The lowest BCUT2D eigenvalue weighted by Gasteiger charge is -2.17. The summed E-state index contributed by atoms with van der Waals surface area (Å²) >= 11 is 0. The van der Waals surface area contributed by atoms with Crippen molar-refractivity contribution in [1.29, 1.82) is 0 Å². The van der Waals surface area contributed by atoms with Crippen molar-refractivity contribution >= 4 is 0 Å². The molecule has 0 heterocycles. The van der Waals surface area contributed by atoms with Crippen LogP contribution < -0.4 is 0 Å². The number of ether oxygens (including phenoxy) is 3. The predicted molar refractivity (Wildman–Crippen MR) is 52.9 cm³/mol. The van der Waals surface area contributed by atoms with E-state index in [-0.39, 0.29) is 18.8 Å². The van der Waals surface area contributed by atoms with Crippen LogP contribution in [0.15, 0.2) is 0 Å². The minimum absolute atomic E-state index is 0.0364. The highest BCUT2D eigenvalue weighted by Crippen LogP contribution is 1.98. The first-order valence-corrected chi connectivity index (χ1v) is 4.94. The molecule has 0 aliphatic heterocycles. The molecular weight excluding hydrogens is 184 g/mol. The highest BCUT2D eigenvalue weighted by Gasteiger charge is 2.08. The molecule has 0 spiro atoms. The van der Waals surface area contributed by atoms with Crippen molar-refractivity contribution in [3.8, 4) is 0 Å². The standard InChI is InChI=1S/C10H21O4/c1-8(11)5-13-10(3)7-14-9(2)6-12-4/h8-10H,5-7H2,1-4H3. The minimum atomic E-state index is -0.672. The number of rotatable bonds is 8. The lowest BCUT2D eigenvalue weighted by atomic mass is 10.4. The zero-order valence-electron chi connectivity index (χ0n) is 9.49. The van der Waals surface area contributed by atoms with E-state index in [0.717, 1.165) is 0 Å². The maximum atomic E-state index is 10.7. The quantitative estimate of drug-likeness (QED) is 0.599. The molecule has 0 aromatic rings. The van der Waals surface area contributed by atoms with Gasteiger partial charge in [0.1, 0.15) is 6.10 Å². The van der Waals surface area contributed by atoms with Crippen molar-refractivity contribution in [2.75, 3.05) is 26.9 Å². The molecule has 0 aliphatic rings. The fourth-order valence-corrected chi connectivity index (χ4v) is 0.930. The second-order valence-electron chi connectivity index (χ2n) is 3.55. The van der Waals surface area contributed by atoms with Crippen molar-refractivity contribution in [2.24, 2.45) is 0 Å². The Morgan fingerprint density at radius 1 is 0.929 bits per heavy atom. The molecule has 0 bridgehead atoms. The van der Waals surface area contributed by atoms with Crippen LogP contribution in [0.1, 0.15) is 20.8 Å². The SMILES string of the molecule is COCC(C)OCC(C)OCC(C)[O]. The van der Waals surface area contributed by atoms with Crippen molar-refractivity contribution in [3.05, 3.63) is 0 Å². The van der Waals surface area contributed by atoms with Crippen molar-refractivity contribution in [2.45, 2.75) is 39.1 Å². The Bertz CT molecular complexity index is 127. The molecule has 0 rings (SSSR count). The highest BCUT2D eigenvalue weighted by atomic mass is 16.6. The Kier molecular flexibility index (Phi) is 8.08. The van der Waals surface area contributed by atoms with E-state index in [1.54, 1.807) is 14.0 Å². The van der Waals surface area contributed by atoms with Gasteiger partial charge >= 0.3 is 0 Å². The summed E-state index contributed by atoms with van der Waals surface area (Å²) in [6.45, 7) is 6.72. The van der Waals surface area contributed by atoms with Crippen LogP contribution in [0.3, 0.4) is 0 Å². The Balaban J connectivity index is 3.38. The van der Waals surface area contributed by atoms with Gasteiger partial charge in [-0.3, -0.25) is 0 Å². The van der Waals surface area contributed by atoms with E-state index in [0.29, 0.717) is 13.2 Å². The maximum absolute atomic E-state index is 10.7. The topological polar surface area (TPSA) is 47.6 Å². The van der Waals surface area contributed by atoms with E-state index in [2.05, 4.69) is 0 Å². The lowest BCUT2D eigenvalue weighted by Crippen LogP contribution is -2.25. The molecular formula is C10H21O4. The Morgan fingerprint density at radius 3 is 1.93 bits per heavy atom. The molecule has 3 unspecified atom stereocenters. The van der Waals surface area contributed by atoms with Crippen molar-refractivity contribution in [1.82, 2.24) is 0 Å². The van der Waals surface area contributed by atoms with Crippen molar-refractivity contribution < 1.29 is 19.3 Å². The Labute approximate surface area is 86.2 Å². The van der Waals surface area contributed by atoms with E-state index in [1.165, 1.54) is 0 Å². The van der Waals surface area contributed by atoms with Crippen LogP contribution in [-0.4, -0.2) is 45.2 Å². The number of hydrogen-bond acceptors (Lipinski definition) is 3. The molecule has 0 N–H and O–H groups in total. The molecule has 0 aromatic heterocycles. The minimum Gasteiger partial charge on any atom is -0.382 e. The monoisotopic (exact) mass is 205 g/mol. The largest absolute Gasteiger partial charge is 0.382 e. The second kappa shape index (κ2) is 8.17. The van der Waals surface area contributed by atoms with Crippen LogP contribution in [0.25, 0.3) is 0 Å². The third kappa shape index (κ3) is 8.44. The van der Waals surface area contributed by atoms with Gasteiger partial charge in [-0.2, -0.15) is 0 Å². The molecule has 14 heavy (non-hydrogen) atoms. The van der Waals surface area contributed by atoms with E-state index in [4.69, 9.17) is 14.2 Å². The zero-order valence-corrected chi connectivity index (χ0v) is 9.49. The second-order valence-corrected chi connectivity index (χ2v) is 3.55. The fourth-order valence-electron chi connectivity index (χ4n) is 0.930. The molecule has 85 valence electrons. The van der Waals surface area contributed by atoms with Gasteiger partial charge in [0.2, 0.25) is 0 Å². The first-order valence-electron chi connectivity index (χ1n) is 4.94. The van der Waals surface area contributed by atoms with E-state index in [1.807, 2.05) is 13.8 Å². The normalized spacial score (nSPS) is 17.8. The fraction of sp³-hybridized carbons (Fsp3) is 1.00. The summed E-state index contributed by atoms with van der Waals surface area (Å²) in [4.78, 5) is 0. The third-order valence-electron chi connectivity index (χ3n) is 1.63. The van der Waals surface area contributed by atoms with Crippen LogP contribution >= 0.6 is 0 Å². The Morgan fingerprint density at radius 2 is 1.43 bits per heavy atom. The summed E-state index contributed by atoms with van der Waals surface area (Å²) in [6.07, 6.45) is -0.643. The van der Waals surface area contributed by atoms with Crippen molar-refractivity contribution in [3.63, 3.8) is 0 Å². The smallest absolute Gasteiger partial charge is 0.113 e. The number of methoxy groups -OCH3 is 1. The molecule has 4 nitrogen and oxygen atoms in total. The maximum Gasteiger partial charge on any atom is 0.113 e. The summed E-state index contributed by atoms with van der Waals surface area (Å²) in [7, 11) is 1.64. The average molecular weight is 205 g/mol. The van der Waals surface area contributed by atoms with Gasteiger partial charge in [0.15, 0.2) is 0 Å². The molecule has 4 heteroatoms. The summed E-state index contributed by atoms with van der Waals surface area (Å²) in [5, 5.41) is 10.7. The van der Waals surface area contributed by atoms with E-state index >= 15 is 0 Å². The third-order valence-corrected chi connectivity index (χ3v) is 1.63. The van der Waals surface area contributed by atoms with Gasteiger partial charge in [-0.05, 0) is 20.8 Å². The molecule has 0 saturated heterocycles. The summed E-state index contributed by atoms with van der Waals surface area (Å²) < 4.78 is 15.6. The van der Waals surface area contributed by atoms with Crippen LogP contribution in [0.2, 0.25) is 0 Å². The molecule has 0 saturated carbocycles. The van der Waals surface area contributed by atoms with Gasteiger partial charge in [-0.1, -0.05) is 0 Å².